The highest BCUT2D eigenvalue weighted by molar-refractivity contribution is 9.11. The number of hydrogen-bond acceptors (Lipinski definition) is 6. The van der Waals surface area contributed by atoms with E-state index >= 15 is 0 Å². The molecule has 1 aliphatic heterocycles. The van der Waals surface area contributed by atoms with Gasteiger partial charge in [0.2, 0.25) is 0 Å². The molecule has 1 aromatic rings. The zero-order valence-electron chi connectivity index (χ0n) is 9.94. The zero-order chi connectivity index (χ0) is 14.0. The molecule has 0 bridgehead atoms. The highest BCUT2D eigenvalue weighted by atomic mass is 79.9. The molecule has 1 aromatic heterocycles. The van der Waals surface area contributed by atoms with Gasteiger partial charge in [0, 0.05) is 18.2 Å². The highest BCUT2D eigenvalue weighted by Crippen LogP contribution is 2.40. The van der Waals surface area contributed by atoms with Crippen molar-refractivity contribution in [2.45, 2.75) is 23.1 Å². The van der Waals surface area contributed by atoms with Gasteiger partial charge < -0.3 is 15.9 Å². The molecule has 1 saturated heterocycles. The van der Waals surface area contributed by atoms with E-state index in [0.717, 1.165) is 0 Å². The van der Waals surface area contributed by atoms with E-state index in [2.05, 4.69) is 20.9 Å². The Balaban J connectivity index is 2.35. The zero-order valence-corrected chi connectivity index (χ0v) is 12.3. The predicted molar refractivity (Wildman–Crippen MR) is 79.0 cm³/mol. The first-order valence-electron chi connectivity index (χ1n) is 5.66. The number of nitrogens with zero attached hydrogens (tertiary/aromatic N) is 2. The van der Waals surface area contributed by atoms with Gasteiger partial charge in [-0.15, -0.1) is 11.8 Å². The van der Waals surface area contributed by atoms with Crippen LogP contribution < -0.4 is 11.4 Å². The van der Waals surface area contributed by atoms with Crippen molar-refractivity contribution in [1.29, 1.82) is 0 Å². The maximum Gasteiger partial charge on any atom is 0.350 e. The van der Waals surface area contributed by atoms with Crippen LogP contribution in [0.2, 0.25) is 0 Å². The van der Waals surface area contributed by atoms with Crippen LogP contribution in [0.25, 0.3) is 6.08 Å². The topological polar surface area (TPSA) is 101 Å². The molecule has 19 heavy (non-hydrogen) atoms. The molecule has 0 radical (unpaired) electrons. The molecule has 0 aliphatic carbocycles. The van der Waals surface area contributed by atoms with Crippen LogP contribution in [-0.2, 0) is 0 Å². The van der Waals surface area contributed by atoms with Gasteiger partial charge in [-0.3, -0.25) is 4.57 Å². The minimum atomic E-state index is -0.625. The van der Waals surface area contributed by atoms with Crippen LogP contribution in [-0.4, -0.2) is 37.7 Å². The van der Waals surface area contributed by atoms with E-state index in [-0.39, 0.29) is 23.0 Å². The first-order valence-corrected chi connectivity index (χ1v) is 7.52. The minimum absolute atomic E-state index is 0.117. The van der Waals surface area contributed by atoms with Gasteiger partial charge >= 0.3 is 5.69 Å². The van der Waals surface area contributed by atoms with Crippen molar-refractivity contribution in [2.24, 2.45) is 0 Å². The molecule has 2 heterocycles. The Labute approximate surface area is 122 Å². The van der Waals surface area contributed by atoms with Gasteiger partial charge in [-0.1, -0.05) is 15.9 Å². The Kier molecular flexibility index (Phi) is 4.67. The Hall–Kier alpha value is -0.830. The number of aromatic nitrogens is 2. The Morgan fingerprint density at radius 3 is 3.00 bits per heavy atom. The Morgan fingerprint density at radius 2 is 2.42 bits per heavy atom. The molecule has 0 amide bonds. The molecule has 4 N–H and O–H groups in total. The summed E-state index contributed by atoms with van der Waals surface area (Å²) < 4.78 is 1.45. The monoisotopic (exact) mass is 347 g/mol. The van der Waals surface area contributed by atoms with E-state index in [4.69, 9.17) is 10.8 Å². The number of rotatable bonds is 3. The summed E-state index contributed by atoms with van der Waals surface area (Å²) in [4.78, 5) is 17.3. The third kappa shape index (κ3) is 3.02. The van der Waals surface area contributed by atoms with E-state index in [0.29, 0.717) is 12.0 Å². The fourth-order valence-electron chi connectivity index (χ4n) is 1.95. The van der Waals surface area contributed by atoms with Gasteiger partial charge in [-0.25, -0.2) is 4.79 Å². The molecular weight excluding hydrogens is 334 g/mol. The molecule has 1 aliphatic rings. The lowest BCUT2D eigenvalue weighted by Gasteiger charge is -2.14. The molecule has 0 spiro atoms. The number of thioether (sulfide) groups is 1. The summed E-state index contributed by atoms with van der Waals surface area (Å²) in [6.07, 6.45) is 3.09. The first kappa shape index (κ1) is 14.6. The summed E-state index contributed by atoms with van der Waals surface area (Å²) in [6.45, 7) is -0.117. The third-order valence-corrected chi connectivity index (χ3v) is 4.76. The van der Waals surface area contributed by atoms with Gasteiger partial charge in [-0.05, 0) is 11.1 Å². The second-order valence-electron chi connectivity index (χ2n) is 4.18. The molecule has 2 rings (SSSR count). The fraction of sp³-hybridized carbons (Fsp3) is 0.455. The number of hydrogen-bond donors (Lipinski definition) is 3. The van der Waals surface area contributed by atoms with E-state index in [1.165, 1.54) is 16.3 Å². The van der Waals surface area contributed by atoms with Crippen molar-refractivity contribution in [1.82, 2.24) is 9.55 Å². The van der Waals surface area contributed by atoms with Crippen molar-refractivity contribution >= 4 is 39.6 Å². The second kappa shape index (κ2) is 6.08. The molecule has 3 atom stereocenters. The number of halogens is 1. The lowest BCUT2D eigenvalue weighted by molar-refractivity contribution is 0.137. The van der Waals surface area contributed by atoms with Gasteiger partial charge in [0.15, 0.2) is 0 Å². The van der Waals surface area contributed by atoms with Gasteiger partial charge in [-0.2, -0.15) is 4.98 Å². The highest BCUT2D eigenvalue weighted by Gasteiger charge is 2.34. The molecule has 1 fully saturated rings. The van der Waals surface area contributed by atoms with Gasteiger partial charge in [0.05, 0.1) is 23.3 Å². The normalized spacial score (nSPS) is 27.2. The SMILES string of the molecule is Nc1nc(=O)n([C@H]2CC(O)[C@@H](CO)S2)cc1/C=C/Br. The van der Waals surface area contributed by atoms with E-state index < -0.39 is 11.8 Å². The van der Waals surface area contributed by atoms with Crippen LogP contribution in [0.15, 0.2) is 16.0 Å². The second-order valence-corrected chi connectivity index (χ2v) is 6.13. The quantitative estimate of drug-likeness (QED) is 0.737. The van der Waals surface area contributed by atoms with Crippen LogP contribution in [0.1, 0.15) is 17.4 Å². The van der Waals surface area contributed by atoms with Crippen LogP contribution in [0.3, 0.4) is 0 Å². The van der Waals surface area contributed by atoms with Gasteiger partial charge in [0.25, 0.3) is 0 Å². The van der Waals surface area contributed by atoms with Crippen molar-refractivity contribution < 1.29 is 10.2 Å². The van der Waals surface area contributed by atoms with E-state index in [1.807, 2.05) is 0 Å². The lowest BCUT2D eigenvalue weighted by atomic mass is 10.2. The number of nitrogen functional groups attached to an aromatic ring is 1. The van der Waals surface area contributed by atoms with Crippen LogP contribution >= 0.6 is 27.7 Å². The van der Waals surface area contributed by atoms with Crippen LogP contribution in [0.5, 0.6) is 0 Å². The van der Waals surface area contributed by atoms with E-state index in [1.54, 1.807) is 17.3 Å². The summed E-state index contributed by atoms with van der Waals surface area (Å²) in [5.74, 6) is 0.166. The molecule has 0 aromatic carbocycles. The number of aliphatic hydroxyl groups excluding tert-OH is 2. The maximum absolute atomic E-state index is 11.9. The molecular formula is C11H14BrN3O3S. The van der Waals surface area contributed by atoms with Gasteiger partial charge in [0.1, 0.15) is 5.82 Å². The summed E-state index contributed by atoms with van der Waals surface area (Å²) in [5.41, 5.74) is 5.84. The van der Waals surface area contributed by atoms with Crippen LogP contribution in [0, 0.1) is 0 Å². The molecule has 0 saturated carbocycles. The largest absolute Gasteiger partial charge is 0.395 e. The standard InChI is InChI=1S/C11H14BrN3O3S/c12-2-1-6-4-15(11(18)14-10(6)13)9-3-7(17)8(5-16)19-9/h1-2,4,7-9,16-17H,3,5H2,(H2,13,14,18)/b2-1+/t7?,8-,9-/m1/s1. The first-order chi connectivity index (χ1) is 9.06. The molecule has 1 unspecified atom stereocenters. The molecule has 8 heteroatoms. The van der Waals surface area contributed by atoms with Crippen molar-refractivity contribution in [3.8, 4) is 0 Å². The summed E-state index contributed by atoms with van der Waals surface area (Å²) in [5, 5.41) is 18.4. The Bertz CT molecular complexity index is 548. The predicted octanol–water partition coefficient (Wildman–Crippen LogP) is 0.548. The van der Waals surface area contributed by atoms with Crippen molar-refractivity contribution in [2.75, 3.05) is 12.3 Å². The number of aliphatic hydroxyl groups is 2. The third-order valence-electron chi connectivity index (χ3n) is 2.95. The summed E-state index contributed by atoms with van der Waals surface area (Å²) in [7, 11) is 0. The average molecular weight is 348 g/mol. The van der Waals surface area contributed by atoms with Crippen molar-refractivity contribution in [3.05, 3.63) is 27.2 Å². The average Bonchev–Trinajstić information content (AvgIpc) is 2.74. The molecule has 6 nitrogen and oxygen atoms in total. The number of anilines is 1. The van der Waals surface area contributed by atoms with E-state index in [9.17, 15) is 9.90 Å². The fourth-order valence-corrected chi connectivity index (χ4v) is 3.61. The molecule has 104 valence electrons. The minimum Gasteiger partial charge on any atom is -0.395 e. The Morgan fingerprint density at radius 1 is 1.68 bits per heavy atom. The summed E-state index contributed by atoms with van der Waals surface area (Å²) >= 11 is 4.51. The van der Waals surface area contributed by atoms with Crippen molar-refractivity contribution in [3.63, 3.8) is 0 Å². The smallest absolute Gasteiger partial charge is 0.350 e. The summed E-state index contributed by atoms with van der Waals surface area (Å²) in [6, 6.07) is 0. The lowest BCUT2D eigenvalue weighted by Crippen LogP contribution is -2.26. The van der Waals surface area contributed by atoms with Crippen LogP contribution in [0.4, 0.5) is 5.82 Å². The maximum atomic E-state index is 11.9. The number of nitrogens with two attached hydrogens (primary N) is 1.